The maximum Gasteiger partial charge on any atom is 0.0889 e. The van der Waals surface area contributed by atoms with Crippen LogP contribution >= 0.6 is 0 Å². The average Bonchev–Trinajstić information content (AvgIpc) is 2.28. The fraction of sp³-hybridized carbons (Fsp3) is 0.643. The van der Waals surface area contributed by atoms with Crippen molar-refractivity contribution in [3.05, 3.63) is 24.0 Å². The Bertz CT molecular complexity index is 348. The second-order valence-corrected chi connectivity index (χ2v) is 5.08. The molecule has 0 aliphatic rings. The number of aromatic nitrogens is 1. The summed E-state index contributed by atoms with van der Waals surface area (Å²) >= 11 is 0. The summed E-state index contributed by atoms with van der Waals surface area (Å²) in [6.45, 7) is 10.8. The lowest BCUT2D eigenvalue weighted by atomic mass is 10.2. The van der Waals surface area contributed by atoms with Crippen molar-refractivity contribution in [3.63, 3.8) is 0 Å². The zero-order valence-electron chi connectivity index (χ0n) is 11.8. The number of anilines is 1. The number of hydrogen-bond acceptors (Lipinski definition) is 4. The van der Waals surface area contributed by atoms with Crippen molar-refractivity contribution < 1.29 is 9.47 Å². The van der Waals surface area contributed by atoms with Gasteiger partial charge in [-0.25, -0.2) is 0 Å². The van der Waals surface area contributed by atoms with E-state index in [1.807, 2.05) is 32.9 Å². The van der Waals surface area contributed by atoms with E-state index >= 15 is 0 Å². The molecule has 1 rings (SSSR count). The van der Waals surface area contributed by atoms with Crippen molar-refractivity contribution >= 4 is 5.69 Å². The first-order chi connectivity index (χ1) is 8.51. The molecule has 1 aromatic rings. The van der Waals surface area contributed by atoms with Crippen molar-refractivity contribution in [1.29, 1.82) is 0 Å². The predicted molar refractivity (Wildman–Crippen MR) is 73.8 cm³/mol. The monoisotopic (exact) mass is 252 g/mol. The van der Waals surface area contributed by atoms with Gasteiger partial charge in [0.2, 0.25) is 0 Å². The molecule has 1 aromatic heterocycles. The van der Waals surface area contributed by atoms with Gasteiger partial charge in [0.15, 0.2) is 0 Å². The van der Waals surface area contributed by atoms with Gasteiger partial charge in [-0.3, -0.25) is 4.98 Å². The smallest absolute Gasteiger partial charge is 0.0889 e. The van der Waals surface area contributed by atoms with E-state index in [-0.39, 0.29) is 5.60 Å². The van der Waals surface area contributed by atoms with Crippen LogP contribution in [0.2, 0.25) is 0 Å². The number of nitrogens with one attached hydrogen (secondary N) is 1. The van der Waals surface area contributed by atoms with Crippen LogP contribution in [-0.2, 0) is 16.1 Å². The Morgan fingerprint density at radius 2 is 2.06 bits per heavy atom. The first-order valence-electron chi connectivity index (χ1n) is 6.42. The van der Waals surface area contributed by atoms with E-state index in [0.717, 1.165) is 17.9 Å². The molecule has 0 unspecified atom stereocenters. The predicted octanol–water partition coefficient (Wildman–Crippen LogP) is 2.85. The summed E-state index contributed by atoms with van der Waals surface area (Å²) in [7, 11) is 0. The normalized spacial score (nSPS) is 11.6. The number of hydrogen-bond donors (Lipinski definition) is 1. The van der Waals surface area contributed by atoms with Gasteiger partial charge < -0.3 is 14.8 Å². The third-order valence-corrected chi connectivity index (χ3v) is 2.21. The lowest BCUT2D eigenvalue weighted by Crippen LogP contribution is -2.21. The van der Waals surface area contributed by atoms with Crippen LogP contribution in [0, 0.1) is 0 Å². The van der Waals surface area contributed by atoms with Crippen LogP contribution in [0.15, 0.2) is 18.3 Å². The Morgan fingerprint density at radius 3 is 2.72 bits per heavy atom. The SMILES string of the molecule is CCNc1ccnc(COCCOC(C)(C)C)c1. The topological polar surface area (TPSA) is 43.4 Å². The van der Waals surface area contributed by atoms with E-state index in [0.29, 0.717) is 19.8 Å². The van der Waals surface area contributed by atoms with Gasteiger partial charge in [0.25, 0.3) is 0 Å². The molecule has 0 bridgehead atoms. The highest BCUT2D eigenvalue weighted by molar-refractivity contribution is 5.42. The maximum atomic E-state index is 5.57. The first kappa shape index (κ1) is 14.9. The van der Waals surface area contributed by atoms with Crippen molar-refractivity contribution in [1.82, 2.24) is 4.98 Å². The molecule has 4 heteroatoms. The van der Waals surface area contributed by atoms with E-state index in [4.69, 9.17) is 9.47 Å². The zero-order chi connectivity index (χ0) is 13.4. The fourth-order valence-electron chi connectivity index (χ4n) is 1.45. The number of pyridine rings is 1. The van der Waals surface area contributed by atoms with Gasteiger partial charge in [-0.2, -0.15) is 0 Å². The average molecular weight is 252 g/mol. The van der Waals surface area contributed by atoms with Gasteiger partial charge >= 0.3 is 0 Å². The van der Waals surface area contributed by atoms with Crippen LogP contribution in [0.4, 0.5) is 5.69 Å². The molecule has 0 radical (unpaired) electrons. The lowest BCUT2D eigenvalue weighted by Gasteiger charge is -2.19. The van der Waals surface area contributed by atoms with Crippen LogP contribution in [0.25, 0.3) is 0 Å². The van der Waals surface area contributed by atoms with Crippen LogP contribution < -0.4 is 5.32 Å². The van der Waals surface area contributed by atoms with E-state index < -0.39 is 0 Å². The maximum absolute atomic E-state index is 5.57. The molecule has 1 heterocycles. The molecule has 0 saturated carbocycles. The molecule has 1 N–H and O–H groups in total. The third kappa shape index (κ3) is 6.57. The molecule has 0 fully saturated rings. The quantitative estimate of drug-likeness (QED) is 0.758. The standard InChI is InChI=1S/C14H24N2O2/c1-5-15-12-6-7-16-13(10-12)11-17-8-9-18-14(2,3)4/h6-7,10H,5,8-9,11H2,1-4H3,(H,15,16). The second-order valence-electron chi connectivity index (χ2n) is 5.08. The van der Waals surface area contributed by atoms with Gasteiger partial charge in [0.1, 0.15) is 0 Å². The summed E-state index contributed by atoms with van der Waals surface area (Å²) in [5.74, 6) is 0. The van der Waals surface area contributed by atoms with Crippen LogP contribution in [0.3, 0.4) is 0 Å². The van der Waals surface area contributed by atoms with E-state index in [1.165, 1.54) is 0 Å². The summed E-state index contributed by atoms with van der Waals surface area (Å²) in [6.07, 6.45) is 1.79. The molecule has 18 heavy (non-hydrogen) atoms. The van der Waals surface area contributed by atoms with Crippen molar-refractivity contribution in [2.24, 2.45) is 0 Å². The van der Waals surface area contributed by atoms with Gasteiger partial charge in [-0.15, -0.1) is 0 Å². The summed E-state index contributed by atoms with van der Waals surface area (Å²) in [6, 6.07) is 3.96. The van der Waals surface area contributed by atoms with Crippen LogP contribution in [0.5, 0.6) is 0 Å². The van der Waals surface area contributed by atoms with Crippen molar-refractivity contribution in [2.45, 2.75) is 39.9 Å². The molecule has 0 aromatic carbocycles. The molecule has 0 atom stereocenters. The molecule has 4 nitrogen and oxygen atoms in total. The molecular formula is C14H24N2O2. The molecule has 0 spiro atoms. The van der Waals surface area contributed by atoms with Crippen molar-refractivity contribution in [2.75, 3.05) is 25.1 Å². The molecule has 0 amide bonds. The Kier molecular flexibility index (Phi) is 6.09. The fourth-order valence-corrected chi connectivity index (χ4v) is 1.45. The number of rotatable bonds is 7. The highest BCUT2D eigenvalue weighted by atomic mass is 16.5. The third-order valence-electron chi connectivity index (χ3n) is 2.21. The van der Waals surface area contributed by atoms with Gasteiger partial charge in [0, 0.05) is 18.4 Å². The highest BCUT2D eigenvalue weighted by Gasteiger charge is 2.08. The van der Waals surface area contributed by atoms with Gasteiger partial charge in [-0.1, -0.05) is 0 Å². The second kappa shape index (κ2) is 7.34. The van der Waals surface area contributed by atoms with Crippen LogP contribution in [-0.4, -0.2) is 30.3 Å². The number of ether oxygens (including phenoxy) is 2. The summed E-state index contributed by atoms with van der Waals surface area (Å²) in [5.41, 5.74) is 1.91. The molecule has 0 aliphatic heterocycles. The van der Waals surface area contributed by atoms with E-state index in [1.54, 1.807) is 6.20 Å². The molecule has 0 saturated heterocycles. The Balaban J connectivity index is 2.24. The first-order valence-corrected chi connectivity index (χ1v) is 6.42. The zero-order valence-corrected chi connectivity index (χ0v) is 11.8. The summed E-state index contributed by atoms with van der Waals surface area (Å²) < 4.78 is 11.1. The van der Waals surface area contributed by atoms with Gasteiger partial charge in [0.05, 0.1) is 31.1 Å². The Hall–Kier alpha value is -1.13. The lowest BCUT2D eigenvalue weighted by molar-refractivity contribution is -0.0380. The highest BCUT2D eigenvalue weighted by Crippen LogP contribution is 2.09. The number of nitrogens with zero attached hydrogens (tertiary/aromatic N) is 1. The Labute approximate surface area is 110 Å². The van der Waals surface area contributed by atoms with E-state index in [2.05, 4.69) is 17.2 Å². The minimum absolute atomic E-state index is 0.105. The molecule has 0 aliphatic carbocycles. The van der Waals surface area contributed by atoms with Gasteiger partial charge in [-0.05, 0) is 39.8 Å². The molecule has 102 valence electrons. The minimum Gasteiger partial charge on any atom is -0.385 e. The van der Waals surface area contributed by atoms with Crippen LogP contribution in [0.1, 0.15) is 33.4 Å². The summed E-state index contributed by atoms with van der Waals surface area (Å²) in [4.78, 5) is 4.26. The van der Waals surface area contributed by atoms with Crippen molar-refractivity contribution in [3.8, 4) is 0 Å². The summed E-state index contributed by atoms with van der Waals surface area (Å²) in [5, 5.41) is 3.25. The Morgan fingerprint density at radius 1 is 1.28 bits per heavy atom. The molecular weight excluding hydrogens is 228 g/mol. The van der Waals surface area contributed by atoms with E-state index in [9.17, 15) is 0 Å². The largest absolute Gasteiger partial charge is 0.385 e. The minimum atomic E-state index is -0.105.